The van der Waals surface area contributed by atoms with Gasteiger partial charge in [-0.3, -0.25) is 4.79 Å². The first-order valence-electron chi connectivity index (χ1n) is 6.13. The third-order valence-electron chi connectivity index (χ3n) is 3.26. The minimum Gasteiger partial charge on any atom is -0.370 e. The minimum atomic E-state index is 0.170. The molecular formula is C12H17ClN4O. The summed E-state index contributed by atoms with van der Waals surface area (Å²) in [5.74, 6) is 1.50. The maximum Gasteiger partial charge on any atom is 0.224 e. The number of piperidine rings is 1. The van der Waals surface area contributed by atoms with Crippen molar-refractivity contribution in [2.24, 2.45) is 5.92 Å². The largest absolute Gasteiger partial charge is 0.370 e. The summed E-state index contributed by atoms with van der Waals surface area (Å²) in [5.41, 5.74) is 0. The molecule has 0 radical (unpaired) electrons. The number of halogens is 1. The van der Waals surface area contributed by atoms with E-state index >= 15 is 0 Å². The van der Waals surface area contributed by atoms with E-state index in [2.05, 4.69) is 15.3 Å². The highest BCUT2D eigenvalue weighted by molar-refractivity contribution is 6.28. The van der Waals surface area contributed by atoms with Crippen LogP contribution in [0.25, 0.3) is 0 Å². The number of hydrogen-bond acceptors (Lipinski definition) is 4. The fraction of sp³-hybridized carbons (Fsp3) is 0.583. The average Bonchev–Trinajstić information content (AvgIpc) is 2.37. The Morgan fingerprint density at radius 2 is 2.28 bits per heavy atom. The van der Waals surface area contributed by atoms with Gasteiger partial charge in [0.2, 0.25) is 11.2 Å². The van der Waals surface area contributed by atoms with E-state index in [4.69, 9.17) is 11.6 Å². The van der Waals surface area contributed by atoms with Crippen molar-refractivity contribution in [3.63, 3.8) is 0 Å². The van der Waals surface area contributed by atoms with Crippen molar-refractivity contribution in [3.05, 3.63) is 17.5 Å². The lowest BCUT2D eigenvalue weighted by atomic mass is 9.97. The van der Waals surface area contributed by atoms with Gasteiger partial charge in [0.1, 0.15) is 5.82 Å². The number of nitrogens with one attached hydrogen (secondary N) is 1. The maximum absolute atomic E-state index is 11.2. The van der Waals surface area contributed by atoms with E-state index in [1.54, 1.807) is 19.2 Å². The Morgan fingerprint density at radius 1 is 1.56 bits per heavy atom. The summed E-state index contributed by atoms with van der Waals surface area (Å²) in [7, 11) is 0. The molecule has 0 aliphatic carbocycles. The van der Waals surface area contributed by atoms with Crippen LogP contribution in [-0.2, 0) is 4.79 Å². The highest BCUT2D eigenvalue weighted by Crippen LogP contribution is 2.18. The van der Waals surface area contributed by atoms with E-state index in [9.17, 15) is 4.79 Å². The second kappa shape index (κ2) is 6.00. The molecule has 98 valence electrons. The van der Waals surface area contributed by atoms with Crippen LogP contribution in [0.15, 0.2) is 12.3 Å². The number of hydrogen-bond donors (Lipinski definition) is 1. The molecule has 5 nitrogen and oxygen atoms in total. The Bertz CT molecular complexity index is 418. The number of rotatable bonds is 3. The Balaban J connectivity index is 1.77. The van der Waals surface area contributed by atoms with Crippen LogP contribution in [0.2, 0.25) is 5.28 Å². The van der Waals surface area contributed by atoms with Gasteiger partial charge in [-0.15, -0.1) is 0 Å². The fourth-order valence-corrected chi connectivity index (χ4v) is 2.28. The molecule has 2 heterocycles. The molecule has 1 amide bonds. The van der Waals surface area contributed by atoms with Gasteiger partial charge in [0.25, 0.3) is 0 Å². The predicted octanol–water partition coefficient (Wildman–Crippen LogP) is 1.80. The molecule has 1 N–H and O–H groups in total. The molecule has 1 aromatic rings. The molecule has 2 rings (SSSR count). The van der Waals surface area contributed by atoms with Crippen LogP contribution in [-0.4, -0.2) is 40.4 Å². The van der Waals surface area contributed by atoms with Crippen molar-refractivity contribution >= 4 is 23.3 Å². The third-order valence-corrected chi connectivity index (χ3v) is 3.44. The van der Waals surface area contributed by atoms with Gasteiger partial charge in [-0.2, -0.15) is 0 Å². The van der Waals surface area contributed by atoms with Crippen molar-refractivity contribution in [3.8, 4) is 0 Å². The Hall–Kier alpha value is -1.36. The first-order valence-corrected chi connectivity index (χ1v) is 6.51. The zero-order chi connectivity index (χ0) is 13.0. The van der Waals surface area contributed by atoms with Crippen LogP contribution in [0.1, 0.15) is 19.8 Å². The smallest absolute Gasteiger partial charge is 0.224 e. The Kier molecular flexibility index (Phi) is 4.36. The second-order valence-corrected chi connectivity index (χ2v) is 4.88. The van der Waals surface area contributed by atoms with Gasteiger partial charge in [-0.25, -0.2) is 9.97 Å². The summed E-state index contributed by atoms with van der Waals surface area (Å²) in [5, 5.41) is 3.52. The normalized spacial score (nSPS) is 16.7. The van der Waals surface area contributed by atoms with Crippen LogP contribution < -0.4 is 5.32 Å². The number of carbonyl (C=O) groups is 1. The molecule has 0 aromatic carbocycles. The quantitative estimate of drug-likeness (QED) is 0.850. The number of carbonyl (C=O) groups excluding carboxylic acids is 1. The van der Waals surface area contributed by atoms with Gasteiger partial charge in [0.15, 0.2) is 0 Å². The first kappa shape index (κ1) is 13.1. The molecule has 6 heteroatoms. The van der Waals surface area contributed by atoms with Gasteiger partial charge >= 0.3 is 0 Å². The minimum absolute atomic E-state index is 0.170. The zero-order valence-electron chi connectivity index (χ0n) is 10.4. The van der Waals surface area contributed by atoms with Gasteiger partial charge in [0.05, 0.1) is 0 Å². The number of likely N-dealkylation sites (tertiary alicyclic amines) is 1. The molecule has 0 atom stereocenters. The summed E-state index contributed by atoms with van der Waals surface area (Å²) in [6.45, 7) is 4.19. The van der Waals surface area contributed by atoms with Gasteiger partial charge < -0.3 is 10.2 Å². The summed E-state index contributed by atoms with van der Waals surface area (Å²) in [6, 6.07) is 1.80. The molecule has 0 saturated carbocycles. The van der Waals surface area contributed by atoms with E-state index in [0.29, 0.717) is 5.92 Å². The van der Waals surface area contributed by atoms with Crippen molar-refractivity contribution in [2.75, 3.05) is 25.0 Å². The topological polar surface area (TPSA) is 58.1 Å². The Labute approximate surface area is 112 Å². The molecule has 1 fully saturated rings. The van der Waals surface area contributed by atoms with E-state index in [0.717, 1.165) is 38.3 Å². The van der Waals surface area contributed by atoms with Crippen LogP contribution >= 0.6 is 11.6 Å². The predicted molar refractivity (Wildman–Crippen MR) is 70.5 cm³/mol. The monoisotopic (exact) mass is 268 g/mol. The lowest BCUT2D eigenvalue weighted by molar-refractivity contribution is -0.130. The summed E-state index contributed by atoms with van der Waals surface area (Å²) in [4.78, 5) is 21.0. The van der Waals surface area contributed by atoms with Crippen molar-refractivity contribution in [1.29, 1.82) is 0 Å². The van der Waals surface area contributed by atoms with Crippen LogP contribution in [0.4, 0.5) is 5.82 Å². The SMILES string of the molecule is CC(=O)N1CCC(CNc2ccnc(Cl)n2)CC1. The second-order valence-electron chi connectivity index (χ2n) is 4.54. The summed E-state index contributed by atoms with van der Waals surface area (Å²) in [6.07, 6.45) is 3.70. The maximum atomic E-state index is 11.2. The highest BCUT2D eigenvalue weighted by Gasteiger charge is 2.20. The van der Waals surface area contributed by atoms with Gasteiger partial charge in [0, 0.05) is 32.8 Å². The number of anilines is 1. The standard InChI is InChI=1S/C12H17ClN4O/c1-9(18)17-6-3-10(4-7-17)8-15-11-2-5-14-12(13)16-11/h2,5,10H,3-4,6-8H2,1H3,(H,14,15,16). The molecule has 1 aromatic heterocycles. The Morgan fingerprint density at radius 3 is 2.89 bits per heavy atom. The van der Waals surface area contributed by atoms with Gasteiger partial charge in [-0.05, 0) is 36.4 Å². The van der Waals surface area contributed by atoms with Crippen molar-refractivity contribution in [1.82, 2.24) is 14.9 Å². The van der Waals surface area contributed by atoms with Crippen molar-refractivity contribution in [2.45, 2.75) is 19.8 Å². The molecule has 1 aliphatic heterocycles. The number of amides is 1. The number of nitrogens with zero attached hydrogens (tertiary/aromatic N) is 3. The summed E-state index contributed by atoms with van der Waals surface area (Å²) < 4.78 is 0. The molecule has 0 bridgehead atoms. The molecule has 1 saturated heterocycles. The fourth-order valence-electron chi connectivity index (χ4n) is 2.13. The average molecular weight is 269 g/mol. The molecule has 18 heavy (non-hydrogen) atoms. The zero-order valence-corrected chi connectivity index (χ0v) is 11.2. The lowest BCUT2D eigenvalue weighted by Crippen LogP contribution is -2.38. The lowest BCUT2D eigenvalue weighted by Gasteiger charge is -2.31. The van der Waals surface area contributed by atoms with E-state index in [1.165, 1.54) is 0 Å². The first-order chi connectivity index (χ1) is 8.65. The molecule has 0 unspecified atom stereocenters. The van der Waals surface area contributed by atoms with Crippen molar-refractivity contribution < 1.29 is 4.79 Å². The molecule has 1 aliphatic rings. The van der Waals surface area contributed by atoms with Gasteiger partial charge in [-0.1, -0.05) is 0 Å². The van der Waals surface area contributed by atoms with E-state index in [1.807, 2.05) is 4.90 Å². The molecular weight excluding hydrogens is 252 g/mol. The highest BCUT2D eigenvalue weighted by atomic mass is 35.5. The summed E-state index contributed by atoms with van der Waals surface area (Å²) >= 11 is 5.71. The molecule has 0 spiro atoms. The van der Waals surface area contributed by atoms with E-state index in [-0.39, 0.29) is 11.2 Å². The van der Waals surface area contributed by atoms with Crippen LogP contribution in [0.5, 0.6) is 0 Å². The van der Waals surface area contributed by atoms with Crippen LogP contribution in [0, 0.1) is 5.92 Å². The van der Waals surface area contributed by atoms with E-state index < -0.39 is 0 Å². The van der Waals surface area contributed by atoms with Crippen LogP contribution in [0.3, 0.4) is 0 Å². The third kappa shape index (κ3) is 3.57. The number of aromatic nitrogens is 2.